The van der Waals surface area contributed by atoms with Crippen molar-refractivity contribution in [3.05, 3.63) is 48.3 Å². The van der Waals surface area contributed by atoms with Crippen LogP contribution in [0.1, 0.15) is 24.8 Å². The molecule has 4 heteroatoms. The molecule has 0 radical (unpaired) electrons. The molecule has 18 heavy (non-hydrogen) atoms. The second-order valence-electron chi connectivity index (χ2n) is 4.74. The number of nitrogens with one attached hydrogen (secondary N) is 2. The van der Waals surface area contributed by atoms with Gasteiger partial charge in [0.1, 0.15) is 0 Å². The van der Waals surface area contributed by atoms with Gasteiger partial charge in [-0.05, 0) is 18.4 Å². The average Bonchev–Trinajstić information content (AvgIpc) is 2.82. The van der Waals surface area contributed by atoms with Crippen molar-refractivity contribution in [2.75, 3.05) is 5.32 Å². The van der Waals surface area contributed by atoms with Gasteiger partial charge in [-0.3, -0.25) is 9.89 Å². The number of amides is 1. The van der Waals surface area contributed by atoms with Crippen LogP contribution in [0, 0.1) is 0 Å². The lowest BCUT2D eigenvalue weighted by atomic mass is 9.64. The zero-order chi connectivity index (χ0) is 12.4. The molecule has 1 aromatic carbocycles. The molecule has 1 aliphatic carbocycles. The van der Waals surface area contributed by atoms with Crippen LogP contribution in [-0.4, -0.2) is 16.1 Å². The van der Waals surface area contributed by atoms with Crippen molar-refractivity contribution in [3.63, 3.8) is 0 Å². The van der Waals surface area contributed by atoms with Gasteiger partial charge in [-0.15, -0.1) is 0 Å². The first-order chi connectivity index (χ1) is 8.81. The standard InChI is InChI=1S/C14H15N3O/c18-13(17-12-9-15-16-10-12)14(7-4-8-14)11-5-2-1-3-6-11/h1-3,5-6,9-10H,4,7-8H2,(H,15,16)(H,17,18). The zero-order valence-electron chi connectivity index (χ0n) is 10.0. The molecule has 0 atom stereocenters. The van der Waals surface area contributed by atoms with Crippen molar-refractivity contribution in [2.24, 2.45) is 0 Å². The van der Waals surface area contributed by atoms with Crippen LogP contribution in [0.25, 0.3) is 0 Å². The van der Waals surface area contributed by atoms with Crippen LogP contribution >= 0.6 is 0 Å². The topological polar surface area (TPSA) is 57.8 Å². The Bertz CT molecular complexity index is 529. The normalized spacial score (nSPS) is 16.9. The van der Waals surface area contributed by atoms with E-state index < -0.39 is 0 Å². The van der Waals surface area contributed by atoms with Gasteiger partial charge in [0, 0.05) is 6.20 Å². The van der Waals surface area contributed by atoms with E-state index in [4.69, 9.17) is 0 Å². The van der Waals surface area contributed by atoms with Gasteiger partial charge in [0.25, 0.3) is 0 Å². The largest absolute Gasteiger partial charge is 0.323 e. The molecule has 1 saturated carbocycles. The van der Waals surface area contributed by atoms with Crippen LogP contribution in [0.15, 0.2) is 42.7 Å². The third-order valence-electron chi connectivity index (χ3n) is 3.72. The van der Waals surface area contributed by atoms with Gasteiger partial charge in [-0.2, -0.15) is 5.10 Å². The molecular formula is C14H15N3O. The number of hydrogen-bond donors (Lipinski definition) is 2. The summed E-state index contributed by atoms with van der Waals surface area (Å²) in [5.41, 5.74) is 1.48. The number of nitrogens with zero attached hydrogens (tertiary/aromatic N) is 1. The summed E-state index contributed by atoms with van der Waals surface area (Å²) in [7, 11) is 0. The smallest absolute Gasteiger partial charge is 0.235 e. The summed E-state index contributed by atoms with van der Waals surface area (Å²) in [6.07, 6.45) is 6.25. The molecule has 0 bridgehead atoms. The second kappa shape index (κ2) is 4.29. The van der Waals surface area contributed by atoms with E-state index >= 15 is 0 Å². The molecule has 1 aromatic heterocycles. The van der Waals surface area contributed by atoms with Crippen molar-refractivity contribution in [3.8, 4) is 0 Å². The Morgan fingerprint density at radius 3 is 2.61 bits per heavy atom. The summed E-state index contributed by atoms with van der Waals surface area (Å²) in [5.74, 6) is 0.0707. The summed E-state index contributed by atoms with van der Waals surface area (Å²) in [6.45, 7) is 0. The number of aromatic amines is 1. The third-order valence-corrected chi connectivity index (χ3v) is 3.72. The van der Waals surface area contributed by atoms with Crippen LogP contribution < -0.4 is 5.32 Å². The highest BCUT2D eigenvalue weighted by atomic mass is 16.2. The molecule has 2 aromatic rings. The molecule has 0 saturated heterocycles. The van der Waals surface area contributed by atoms with Gasteiger partial charge in [-0.25, -0.2) is 0 Å². The minimum absolute atomic E-state index is 0.0707. The molecule has 0 unspecified atom stereocenters. The van der Waals surface area contributed by atoms with Crippen LogP contribution in [0.4, 0.5) is 5.69 Å². The number of rotatable bonds is 3. The lowest BCUT2D eigenvalue weighted by Gasteiger charge is -2.40. The first-order valence-corrected chi connectivity index (χ1v) is 6.17. The molecule has 1 fully saturated rings. The Balaban J connectivity index is 1.86. The van der Waals surface area contributed by atoms with Gasteiger partial charge in [0.2, 0.25) is 5.91 Å². The van der Waals surface area contributed by atoms with E-state index in [1.54, 1.807) is 12.4 Å². The summed E-state index contributed by atoms with van der Waals surface area (Å²) in [5, 5.41) is 9.46. The fourth-order valence-corrected chi connectivity index (χ4v) is 2.50. The number of benzene rings is 1. The van der Waals surface area contributed by atoms with Crippen LogP contribution in [-0.2, 0) is 10.2 Å². The molecule has 0 aliphatic heterocycles. The Kier molecular flexibility index (Phi) is 2.63. The minimum Gasteiger partial charge on any atom is -0.323 e. The first-order valence-electron chi connectivity index (χ1n) is 6.17. The van der Waals surface area contributed by atoms with E-state index in [-0.39, 0.29) is 11.3 Å². The van der Waals surface area contributed by atoms with Crippen molar-refractivity contribution in [1.82, 2.24) is 10.2 Å². The predicted molar refractivity (Wildman–Crippen MR) is 69.2 cm³/mol. The summed E-state index contributed by atoms with van der Waals surface area (Å²) < 4.78 is 0. The number of anilines is 1. The maximum Gasteiger partial charge on any atom is 0.235 e. The Morgan fingerprint density at radius 2 is 2.06 bits per heavy atom. The minimum atomic E-state index is -0.349. The van der Waals surface area contributed by atoms with Crippen LogP contribution in [0.2, 0.25) is 0 Å². The van der Waals surface area contributed by atoms with E-state index in [1.165, 1.54) is 0 Å². The molecular weight excluding hydrogens is 226 g/mol. The number of carbonyl (C=O) groups is 1. The van der Waals surface area contributed by atoms with Crippen LogP contribution in [0.3, 0.4) is 0 Å². The van der Waals surface area contributed by atoms with Gasteiger partial charge >= 0.3 is 0 Å². The second-order valence-corrected chi connectivity index (χ2v) is 4.74. The van der Waals surface area contributed by atoms with Gasteiger partial charge in [0.15, 0.2) is 0 Å². The quantitative estimate of drug-likeness (QED) is 0.867. The van der Waals surface area contributed by atoms with E-state index in [9.17, 15) is 4.79 Å². The molecule has 92 valence electrons. The number of hydrogen-bond acceptors (Lipinski definition) is 2. The highest BCUT2D eigenvalue weighted by molar-refractivity contribution is 5.99. The lowest BCUT2D eigenvalue weighted by Crippen LogP contribution is -2.45. The van der Waals surface area contributed by atoms with Gasteiger partial charge < -0.3 is 5.32 Å². The number of carbonyl (C=O) groups excluding carboxylic acids is 1. The van der Waals surface area contributed by atoms with Crippen molar-refractivity contribution in [2.45, 2.75) is 24.7 Å². The summed E-state index contributed by atoms with van der Waals surface area (Å²) in [6, 6.07) is 10.0. The number of H-pyrrole nitrogens is 1. The summed E-state index contributed by atoms with van der Waals surface area (Å²) in [4.78, 5) is 12.5. The Morgan fingerprint density at radius 1 is 1.28 bits per heavy atom. The Hall–Kier alpha value is -2.10. The van der Waals surface area contributed by atoms with E-state index in [0.717, 1.165) is 30.5 Å². The Labute approximate surface area is 105 Å². The van der Waals surface area contributed by atoms with E-state index in [2.05, 4.69) is 15.5 Å². The van der Waals surface area contributed by atoms with Crippen LogP contribution in [0.5, 0.6) is 0 Å². The van der Waals surface area contributed by atoms with Gasteiger partial charge in [-0.1, -0.05) is 36.8 Å². The molecule has 1 aliphatic rings. The fraction of sp³-hybridized carbons (Fsp3) is 0.286. The first kappa shape index (κ1) is 11.0. The van der Waals surface area contributed by atoms with E-state index in [0.29, 0.717) is 0 Å². The molecule has 0 spiro atoms. The maximum absolute atomic E-state index is 12.5. The zero-order valence-corrected chi connectivity index (χ0v) is 10.0. The lowest BCUT2D eigenvalue weighted by molar-refractivity contribution is -0.124. The maximum atomic E-state index is 12.5. The predicted octanol–water partition coefficient (Wildman–Crippen LogP) is 2.47. The highest BCUT2D eigenvalue weighted by Crippen LogP contribution is 2.44. The molecule has 4 nitrogen and oxygen atoms in total. The number of aromatic nitrogens is 2. The summed E-state index contributed by atoms with van der Waals surface area (Å²) >= 11 is 0. The average molecular weight is 241 g/mol. The third kappa shape index (κ3) is 1.70. The van der Waals surface area contributed by atoms with E-state index in [1.807, 2.05) is 30.3 Å². The molecule has 1 heterocycles. The van der Waals surface area contributed by atoms with Crippen molar-refractivity contribution < 1.29 is 4.79 Å². The SMILES string of the molecule is O=C(Nc1cn[nH]c1)C1(c2ccccc2)CCC1. The molecule has 2 N–H and O–H groups in total. The van der Waals surface area contributed by atoms with Crippen molar-refractivity contribution >= 4 is 11.6 Å². The highest BCUT2D eigenvalue weighted by Gasteiger charge is 2.45. The molecule has 1 amide bonds. The van der Waals surface area contributed by atoms with Gasteiger partial charge in [0.05, 0.1) is 17.3 Å². The fourth-order valence-electron chi connectivity index (χ4n) is 2.50. The molecule has 3 rings (SSSR count). The monoisotopic (exact) mass is 241 g/mol. The van der Waals surface area contributed by atoms with Crippen molar-refractivity contribution in [1.29, 1.82) is 0 Å².